The first-order chi connectivity index (χ1) is 18.2. The second kappa shape index (κ2) is 11.9. The number of hydrogen-bond donors (Lipinski definition) is 1. The highest BCUT2D eigenvalue weighted by molar-refractivity contribution is 5.97. The Bertz CT molecular complexity index is 1140. The quantitative estimate of drug-likeness (QED) is 0.575. The van der Waals surface area contributed by atoms with Crippen molar-refractivity contribution in [2.75, 3.05) is 40.4 Å². The highest BCUT2D eigenvalue weighted by atomic mass is 19.4. The van der Waals surface area contributed by atoms with Gasteiger partial charge in [-0.05, 0) is 62.7 Å². The monoisotopic (exact) mass is 535 g/mol. The van der Waals surface area contributed by atoms with Crippen LogP contribution >= 0.6 is 0 Å². The molecule has 38 heavy (non-hydrogen) atoms. The second-order valence-corrected chi connectivity index (χ2v) is 9.40. The molecule has 206 valence electrons. The lowest BCUT2D eigenvalue weighted by atomic mass is 9.94. The van der Waals surface area contributed by atoms with Gasteiger partial charge in [-0.15, -0.1) is 13.2 Å². The fourth-order valence-corrected chi connectivity index (χ4v) is 5.17. The van der Waals surface area contributed by atoms with Crippen molar-refractivity contribution in [1.29, 1.82) is 0 Å². The number of hydrogen-bond acceptors (Lipinski definition) is 6. The summed E-state index contributed by atoms with van der Waals surface area (Å²) in [5, 5.41) is 2.94. The topological polar surface area (TPSA) is 80.3 Å². The van der Waals surface area contributed by atoms with E-state index in [4.69, 9.17) is 9.47 Å². The van der Waals surface area contributed by atoms with Gasteiger partial charge in [0, 0.05) is 30.7 Å². The summed E-state index contributed by atoms with van der Waals surface area (Å²) in [6.07, 6.45) is -1.35. The van der Waals surface area contributed by atoms with Gasteiger partial charge in [-0.2, -0.15) is 0 Å². The smallest absolute Gasteiger partial charge is 0.493 e. The molecule has 4 rings (SSSR count). The van der Waals surface area contributed by atoms with E-state index >= 15 is 0 Å². The van der Waals surface area contributed by atoms with Crippen molar-refractivity contribution in [1.82, 2.24) is 15.1 Å². The SMILES string of the molecule is COc1ccc(C(=O)N2CC[C@@H](NC(=O)c3ccccc3OC(F)(F)F)[C@@H](N3CCCCC3)C2)cc1OC. The van der Waals surface area contributed by atoms with E-state index in [1.54, 1.807) is 23.1 Å². The molecule has 0 aliphatic carbocycles. The number of carbonyl (C=O) groups excluding carboxylic acids is 2. The van der Waals surface area contributed by atoms with Gasteiger partial charge < -0.3 is 24.4 Å². The van der Waals surface area contributed by atoms with Gasteiger partial charge in [0.1, 0.15) is 5.75 Å². The first kappa shape index (κ1) is 27.6. The molecular formula is C27H32F3N3O5. The van der Waals surface area contributed by atoms with E-state index in [0.717, 1.165) is 38.4 Å². The zero-order chi connectivity index (χ0) is 27.3. The van der Waals surface area contributed by atoms with E-state index in [2.05, 4.69) is 15.0 Å². The summed E-state index contributed by atoms with van der Waals surface area (Å²) in [5.74, 6) is -0.384. The van der Waals surface area contributed by atoms with Crippen molar-refractivity contribution < 1.29 is 37.0 Å². The van der Waals surface area contributed by atoms with Crippen LogP contribution in [0.2, 0.25) is 0 Å². The number of amides is 2. The van der Waals surface area contributed by atoms with Crippen LogP contribution in [0.25, 0.3) is 0 Å². The maximum Gasteiger partial charge on any atom is 0.573 e. The van der Waals surface area contributed by atoms with Crippen molar-refractivity contribution >= 4 is 11.8 Å². The molecule has 2 aliphatic rings. The molecule has 2 saturated heterocycles. The lowest BCUT2D eigenvalue weighted by Gasteiger charge is -2.45. The third kappa shape index (κ3) is 6.50. The van der Waals surface area contributed by atoms with E-state index in [-0.39, 0.29) is 23.6 Å². The normalized spacial score (nSPS) is 20.5. The molecule has 2 aromatic carbocycles. The summed E-state index contributed by atoms with van der Waals surface area (Å²) in [7, 11) is 3.03. The molecule has 2 aromatic rings. The third-order valence-electron chi connectivity index (χ3n) is 7.03. The van der Waals surface area contributed by atoms with Crippen LogP contribution < -0.4 is 19.5 Å². The Morgan fingerprint density at radius 3 is 2.32 bits per heavy atom. The van der Waals surface area contributed by atoms with Crippen LogP contribution in [0.4, 0.5) is 13.2 Å². The number of alkyl halides is 3. The van der Waals surface area contributed by atoms with Gasteiger partial charge in [0.2, 0.25) is 0 Å². The minimum atomic E-state index is -4.91. The molecule has 8 nitrogen and oxygen atoms in total. The van der Waals surface area contributed by atoms with Crippen LogP contribution in [0, 0.1) is 0 Å². The number of halogens is 3. The Morgan fingerprint density at radius 1 is 0.921 bits per heavy atom. The van der Waals surface area contributed by atoms with Gasteiger partial charge in [0.25, 0.3) is 11.8 Å². The molecule has 0 radical (unpaired) electrons. The minimum Gasteiger partial charge on any atom is -0.493 e. The number of likely N-dealkylation sites (tertiary alicyclic amines) is 2. The van der Waals surface area contributed by atoms with E-state index in [1.807, 2.05) is 0 Å². The van der Waals surface area contributed by atoms with Crippen molar-refractivity contribution in [3.63, 3.8) is 0 Å². The minimum absolute atomic E-state index is 0.165. The average Bonchev–Trinajstić information content (AvgIpc) is 2.92. The number of rotatable bonds is 7. The van der Waals surface area contributed by atoms with Crippen molar-refractivity contribution in [3.8, 4) is 17.2 Å². The maximum absolute atomic E-state index is 13.4. The first-order valence-electron chi connectivity index (χ1n) is 12.6. The van der Waals surface area contributed by atoms with E-state index in [1.165, 1.54) is 32.4 Å². The van der Waals surface area contributed by atoms with Crippen LogP contribution in [-0.4, -0.2) is 80.5 Å². The number of piperidine rings is 2. The summed E-state index contributed by atoms with van der Waals surface area (Å²) in [5.41, 5.74) is 0.270. The molecule has 2 atom stereocenters. The van der Waals surface area contributed by atoms with Gasteiger partial charge >= 0.3 is 6.36 Å². The predicted octanol–water partition coefficient (Wildman–Crippen LogP) is 4.10. The average molecular weight is 536 g/mol. The lowest BCUT2D eigenvalue weighted by Crippen LogP contribution is -2.62. The standard InChI is InChI=1S/C27H32F3N3O5/c1-36-23-11-10-18(16-24(23)37-2)26(35)33-15-12-20(21(17-33)32-13-6-3-7-14-32)31-25(34)19-8-4-5-9-22(19)38-27(28,29)30/h4-5,8-11,16,20-21H,3,6-7,12-15,17H2,1-2H3,(H,31,34)/t20-,21+/m1/s1. The molecule has 0 saturated carbocycles. The molecular weight excluding hydrogens is 503 g/mol. The number of carbonyl (C=O) groups is 2. The summed E-state index contributed by atoms with van der Waals surface area (Å²) in [6, 6.07) is 9.77. The summed E-state index contributed by atoms with van der Waals surface area (Å²) in [4.78, 5) is 30.6. The van der Waals surface area contributed by atoms with Crippen LogP contribution in [0.15, 0.2) is 42.5 Å². The Morgan fingerprint density at radius 2 is 1.63 bits per heavy atom. The fourth-order valence-electron chi connectivity index (χ4n) is 5.17. The number of benzene rings is 2. The second-order valence-electron chi connectivity index (χ2n) is 9.40. The first-order valence-corrected chi connectivity index (χ1v) is 12.6. The van der Waals surface area contributed by atoms with Gasteiger partial charge in [0.05, 0.1) is 19.8 Å². The zero-order valence-electron chi connectivity index (χ0n) is 21.4. The lowest BCUT2D eigenvalue weighted by molar-refractivity contribution is -0.274. The van der Waals surface area contributed by atoms with Crippen LogP contribution in [0.5, 0.6) is 17.2 Å². The van der Waals surface area contributed by atoms with Crippen molar-refractivity contribution in [3.05, 3.63) is 53.6 Å². The summed E-state index contributed by atoms with van der Waals surface area (Å²) < 4.78 is 53.3. The Balaban J connectivity index is 1.53. The molecule has 0 bridgehead atoms. The third-order valence-corrected chi connectivity index (χ3v) is 7.03. The fraction of sp³-hybridized carbons (Fsp3) is 0.481. The van der Waals surface area contributed by atoms with Crippen molar-refractivity contribution in [2.24, 2.45) is 0 Å². The van der Waals surface area contributed by atoms with E-state index < -0.39 is 18.0 Å². The Kier molecular flexibility index (Phi) is 8.65. The number of para-hydroxylation sites is 1. The van der Waals surface area contributed by atoms with E-state index in [9.17, 15) is 22.8 Å². The van der Waals surface area contributed by atoms with Crippen LogP contribution in [0.1, 0.15) is 46.4 Å². The molecule has 2 aliphatic heterocycles. The van der Waals surface area contributed by atoms with Crippen LogP contribution in [0.3, 0.4) is 0 Å². The van der Waals surface area contributed by atoms with Crippen molar-refractivity contribution in [2.45, 2.75) is 44.1 Å². The number of nitrogens with zero attached hydrogens (tertiary/aromatic N) is 2. The van der Waals surface area contributed by atoms with E-state index in [0.29, 0.717) is 36.6 Å². The number of nitrogens with one attached hydrogen (secondary N) is 1. The Hall–Kier alpha value is -3.47. The number of ether oxygens (including phenoxy) is 3. The van der Waals surface area contributed by atoms with Gasteiger partial charge in [-0.25, -0.2) is 0 Å². The zero-order valence-corrected chi connectivity index (χ0v) is 21.4. The molecule has 0 aromatic heterocycles. The largest absolute Gasteiger partial charge is 0.573 e. The predicted molar refractivity (Wildman–Crippen MR) is 134 cm³/mol. The highest BCUT2D eigenvalue weighted by Crippen LogP contribution is 2.30. The molecule has 2 fully saturated rings. The molecule has 11 heteroatoms. The number of methoxy groups -OCH3 is 2. The maximum atomic E-state index is 13.4. The Labute approximate surface area is 219 Å². The molecule has 1 N–H and O–H groups in total. The molecule has 0 spiro atoms. The molecule has 2 amide bonds. The van der Waals surface area contributed by atoms with Gasteiger partial charge in [-0.1, -0.05) is 18.6 Å². The molecule has 0 unspecified atom stereocenters. The summed E-state index contributed by atoms with van der Waals surface area (Å²) >= 11 is 0. The molecule has 2 heterocycles. The van der Waals surface area contributed by atoms with Crippen LogP contribution in [-0.2, 0) is 0 Å². The highest BCUT2D eigenvalue weighted by Gasteiger charge is 2.38. The summed E-state index contributed by atoms with van der Waals surface area (Å²) in [6.45, 7) is 2.40. The van der Waals surface area contributed by atoms with Gasteiger partial charge in [-0.3, -0.25) is 14.5 Å². The van der Waals surface area contributed by atoms with Gasteiger partial charge in [0.15, 0.2) is 11.5 Å².